The number of rotatable bonds is 2. The highest BCUT2D eigenvalue weighted by molar-refractivity contribution is 5.69. The van der Waals surface area contributed by atoms with Gasteiger partial charge in [-0.15, -0.1) is 0 Å². The van der Waals surface area contributed by atoms with Gasteiger partial charge in [-0.25, -0.2) is 0 Å². The van der Waals surface area contributed by atoms with E-state index in [-0.39, 0.29) is 0 Å². The summed E-state index contributed by atoms with van der Waals surface area (Å²) in [5.74, 6) is 1.08. The van der Waals surface area contributed by atoms with Crippen molar-refractivity contribution < 1.29 is 0 Å². The maximum absolute atomic E-state index is 4.26. The van der Waals surface area contributed by atoms with Crippen LogP contribution in [0, 0.1) is 0 Å². The highest BCUT2D eigenvalue weighted by Crippen LogP contribution is 2.22. The van der Waals surface area contributed by atoms with Crippen LogP contribution in [0.5, 0.6) is 0 Å². The molecular formula is C13H18N2. The van der Waals surface area contributed by atoms with Gasteiger partial charge in [0.25, 0.3) is 0 Å². The Morgan fingerprint density at radius 1 is 1.27 bits per heavy atom. The number of likely N-dealkylation sites (N-methyl/N-ethyl adjacent to an activating group) is 1. The van der Waals surface area contributed by atoms with Gasteiger partial charge < -0.3 is 0 Å². The Balaban J connectivity index is 2.14. The van der Waals surface area contributed by atoms with Crippen LogP contribution in [0.15, 0.2) is 29.4 Å². The van der Waals surface area contributed by atoms with Crippen molar-refractivity contribution in [1.29, 1.82) is 0 Å². The maximum Gasteiger partial charge on any atom is 0.0476 e. The van der Waals surface area contributed by atoms with Gasteiger partial charge in [0.1, 0.15) is 0 Å². The summed E-state index contributed by atoms with van der Waals surface area (Å²) >= 11 is 0. The van der Waals surface area contributed by atoms with Crippen molar-refractivity contribution in [1.82, 2.24) is 5.01 Å². The summed E-state index contributed by atoms with van der Waals surface area (Å²) in [7, 11) is 2.01. The largest absolute Gasteiger partial charge is 0.299 e. The SMILES string of the molecule is CC(C)c1ccc(C2C=NN(C)C2)cc1. The lowest BCUT2D eigenvalue weighted by Crippen LogP contribution is -2.11. The van der Waals surface area contributed by atoms with Crippen LogP contribution in [0.2, 0.25) is 0 Å². The number of hydrogen-bond acceptors (Lipinski definition) is 2. The monoisotopic (exact) mass is 202 g/mol. The second-order valence-electron chi connectivity index (χ2n) is 4.53. The Hall–Kier alpha value is -1.31. The fraction of sp³-hybridized carbons (Fsp3) is 0.462. The molecule has 1 unspecified atom stereocenters. The highest BCUT2D eigenvalue weighted by atomic mass is 15.4. The Kier molecular flexibility index (Phi) is 2.76. The minimum Gasteiger partial charge on any atom is -0.299 e. The van der Waals surface area contributed by atoms with E-state index in [9.17, 15) is 0 Å². The molecule has 1 aliphatic heterocycles. The zero-order valence-electron chi connectivity index (χ0n) is 9.64. The van der Waals surface area contributed by atoms with Crippen molar-refractivity contribution in [3.8, 4) is 0 Å². The molecule has 0 aromatic heterocycles. The van der Waals surface area contributed by atoms with Crippen LogP contribution < -0.4 is 0 Å². The Labute approximate surface area is 91.6 Å². The van der Waals surface area contributed by atoms with Gasteiger partial charge in [-0.3, -0.25) is 5.01 Å². The van der Waals surface area contributed by atoms with Crippen molar-refractivity contribution in [3.05, 3.63) is 35.4 Å². The van der Waals surface area contributed by atoms with Gasteiger partial charge in [0, 0.05) is 25.7 Å². The Bertz CT molecular complexity index is 351. The van der Waals surface area contributed by atoms with E-state index in [4.69, 9.17) is 0 Å². The van der Waals surface area contributed by atoms with E-state index in [0.29, 0.717) is 11.8 Å². The summed E-state index contributed by atoms with van der Waals surface area (Å²) in [5.41, 5.74) is 2.77. The lowest BCUT2D eigenvalue weighted by molar-refractivity contribution is 0.381. The lowest BCUT2D eigenvalue weighted by atomic mass is 9.96. The van der Waals surface area contributed by atoms with E-state index in [2.05, 4.69) is 43.2 Å². The molecule has 0 bridgehead atoms. The Morgan fingerprint density at radius 3 is 2.40 bits per heavy atom. The van der Waals surface area contributed by atoms with Gasteiger partial charge >= 0.3 is 0 Å². The van der Waals surface area contributed by atoms with E-state index < -0.39 is 0 Å². The summed E-state index contributed by atoms with van der Waals surface area (Å²) < 4.78 is 0. The van der Waals surface area contributed by atoms with E-state index in [0.717, 1.165) is 6.54 Å². The number of hydrogen-bond donors (Lipinski definition) is 0. The molecule has 1 atom stereocenters. The molecule has 0 radical (unpaired) electrons. The van der Waals surface area contributed by atoms with Crippen LogP contribution in [-0.4, -0.2) is 24.8 Å². The first kappa shape index (κ1) is 10.2. The molecular weight excluding hydrogens is 184 g/mol. The first-order valence-corrected chi connectivity index (χ1v) is 5.52. The summed E-state index contributed by atoms with van der Waals surface area (Å²) in [6, 6.07) is 8.91. The summed E-state index contributed by atoms with van der Waals surface area (Å²) in [5, 5.41) is 6.25. The molecule has 1 aromatic rings. The first-order valence-electron chi connectivity index (χ1n) is 5.52. The van der Waals surface area contributed by atoms with Crippen LogP contribution in [0.4, 0.5) is 0 Å². The fourth-order valence-corrected chi connectivity index (χ4v) is 1.89. The zero-order chi connectivity index (χ0) is 10.8. The summed E-state index contributed by atoms with van der Waals surface area (Å²) in [6.45, 7) is 5.45. The predicted octanol–water partition coefficient (Wildman–Crippen LogP) is 2.82. The van der Waals surface area contributed by atoms with E-state index in [1.54, 1.807) is 0 Å². The second kappa shape index (κ2) is 4.05. The van der Waals surface area contributed by atoms with Gasteiger partial charge in [0.2, 0.25) is 0 Å². The smallest absolute Gasteiger partial charge is 0.0476 e. The lowest BCUT2D eigenvalue weighted by Gasteiger charge is -2.11. The second-order valence-corrected chi connectivity index (χ2v) is 4.53. The molecule has 2 nitrogen and oxygen atoms in total. The van der Waals surface area contributed by atoms with Gasteiger partial charge in [-0.1, -0.05) is 38.1 Å². The molecule has 0 spiro atoms. The summed E-state index contributed by atoms with van der Waals surface area (Å²) in [6.07, 6.45) is 2.03. The molecule has 2 rings (SSSR count). The number of benzene rings is 1. The molecule has 1 aromatic carbocycles. The highest BCUT2D eigenvalue weighted by Gasteiger charge is 2.16. The standard InChI is InChI=1S/C13H18N2/c1-10(2)11-4-6-12(7-5-11)13-8-14-15(3)9-13/h4-8,10,13H,9H2,1-3H3. The van der Waals surface area contributed by atoms with E-state index in [1.165, 1.54) is 11.1 Å². The topological polar surface area (TPSA) is 15.6 Å². The molecule has 1 aliphatic rings. The average molecular weight is 202 g/mol. The molecule has 0 N–H and O–H groups in total. The average Bonchev–Trinajstić information content (AvgIpc) is 2.65. The molecule has 0 saturated heterocycles. The zero-order valence-corrected chi connectivity index (χ0v) is 9.64. The molecule has 0 amide bonds. The van der Waals surface area contributed by atoms with E-state index >= 15 is 0 Å². The van der Waals surface area contributed by atoms with Crippen LogP contribution in [0.3, 0.4) is 0 Å². The fourth-order valence-electron chi connectivity index (χ4n) is 1.89. The molecule has 0 aliphatic carbocycles. The molecule has 15 heavy (non-hydrogen) atoms. The third kappa shape index (κ3) is 2.20. The molecule has 2 heteroatoms. The van der Waals surface area contributed by atoms with Crippen LogP contribution >= 0.6 is 0 Å². The van der Waals surface area contributed by atoms with Gasteiger partial charge in [0.15, 0.2) is 0 Å². The Morgan fingerprint density at radius 2 is 1.93 bits per heavy atom. The van der Waals surface area contributed by atoms with Crippen molar-refractivity contribution in [3.63, 3.8) is 0 Å². The van der Waals surface area contributed by atoms with Crippen molar-refractivity contribution in [2.24, 2.45) is 5.10 Å². The minimum atomic E-state index is 0.469. The number of nitrogens with zero attached hydrogens (tertiary/aromatic N) is 2. The minimum absolute atomic E-state index is 0.469. The van der Waals surface area contributed by atoms with Gasteiger partial charge in [0.05, 0.1) is 0 Å². The molecule has 80 valence electrons. The quantitative estimate of drug-likeness (QED) is 0.720. The van der Waals surface area contributed by atoms with Crippen molar-refractivity contribution in [2.75, 3.05) is 13.6 Å². The van der Waals surface area contributed by atoms with Crippen molar-refractivity contribution >= 4 is 6.21 Å². The van der Waals surface area contributed by atoms with Crippen LogP contribution in [0.25, 0.3) is 0 Å². The first-order chi connectivity index (χ1) is 7.16. The number of hydrazone groups is 1. The van der Waals surface area contributed by atoms with E-state index in [1.807, 2.05) is 18.3 Å². The van der Waals surface area contributed by atoms with Crippen molar-refractivity contribution in [2.45, 2.75) is 25.7 Å². The molecule has 0 saturated carbocycles. The predicted molar refractivity (Wildman–Crippen MR) is 64.4 cm³/mol. The van der Waals surface area contributed by atoms with Gasteiger partial charge in [-0.2, -0.15) is 5.10 Å². The normalized spacial score (nSPS) is 20.3. The summed E-state index contributed by atoms with van der Waals surface area (Å²) in [4.78, 5) is 0. The maximum atomic E-state index is 4.26. The molecule has 1 heterocycles. The molecule has 0 fully saturated rings. The van der Waals surface area contributed by atoms with Crippen LogP contribution in [-0.2, 0) is 0 Å². The third-order valence-corrected chi connectivity index (χ3v) is 2.94. The third-order valence-electron chi connectivity index (χ3n) is 2.94. The van der Waals surface area contributed by atoms with Crippen LogP contribution in [0.1, 0.15) is 36.8 Å². The van der Waals surface area contributed by atoms with Gasteiger partial charge in [-0.05, 0) is 17.0 Å².